The highest BCUT2D eigenvalue weighted by Gasteiger charge is 2.46. The van der Waals surface area contributed by atoms with E-state index in [-0.39, 0.29) is 17.9 Å². The van der Waals surface area contributed by atoms with Crippen LogP contribution in [0.15, 0.2) is 40.2 Å². The fourth-order valence-electron chi connectivity index (χ4n) is 2.76. The zero-order valence-electron chi connectivity index (χ0n) is 14.6. The smallest absolute Gasteiger partial charge is 0.445 e. The summed E-state index contributed by atoms with van der Waals surface area (Å²) in [5, 5.41) is 0. The van der Waals surface area contributed by atoms with E-state index in [4.69, 9.17) is 0 Å². The Balaban J connectivity index is 1.77. The molecule has 7 nitrogen and oxygen atoms in total. The van der Waals surface area contributed by atoms with Crippen molar-refractivity contribution in [2.75, 3.05) is 21.2 Å². The van der Waals surface area contributed by atoms with E-state index in [0.29, 0.717) is 17.2 Å². The van der Waals surface area contributed by atoms with E-state index < -0.39 is 5.92 Å². The summed E-state index contributed by atoms with van der Waals surface area (Å²) in [5.74, 6) is -0.145. The predicted molar refractivity (Wildman–Crippen MR) is 98.5 cm³/mol. The number of benzene rings is 1. The number of dihydropyridines is 1. The first kappa shape index (κ1) is 18.1. The van der Waals surface area contributed by atoms with Gasteiger partial charge in [-0.15, -0.1) is 16.8 Å². The summed E-state index contributed by atoms with van der Waals surface area (Å²) >= 11 is 1.51. The fourth-order valence-corrected chi connectivity index (χ4v) is 3.82. The number of thioether (sulfide) groups is 1. The first-order valence-corrected chi connectivity index (χ1v) is 8.89. The van der Waals surface area contributed by atoms with Crippen LogP contribution >= 0.6 is 11.8 Å². The second kappa shape index (κ2) is 7.25. The largest absolute Gasteiger partial charge is 0.465 e. The number of nitrogens with zero attached hydrogens (tertiary/aromatic N) is 3. The number of esters is 1. The summed E-state index contributed by atoms with van der Waals surface area (Å²) in [4.78, 5) is 42.3. The molecule has 2 aliphatic heterocycles. The number of imide groups is 1. The molecule has 1 aromatic rings. The first-order chi connectivity index (χ1) is 12.4. The number of hydrogen-bond donors (Lipinski definition) is 0. The van der Waals surface area contributed by atoms with Gasteiger partial charge in [0.2, 0.25) is 0 Å². The molecule has 0 spiro atoms. The van der Waals surface area contributed by atoms with Crippen LogP contribution in [0.25, 0.3) is 0 Å². The van der Waals surface area contributed by atoms with Gasteiger partial charge in [0.1, 0.15) is 6.21 Å². The number of aliphatic imine (C=N–C) groups is 1. The van der Waals surface area contributed by atoms with Gasteiger partial charge in [0.25, 0.3) is 5.84 Å². The third kappa shape index (κ3) is 3.20. The number of carbonyl (C=O) groups excluding carboxylic acids is 3. The van der Waals surface area contributed by atoms with E-state index in [0.717, 1.165) is 15.4 Å². The SMILES string of the molecule is COC(=O)c1ccc(CSC2=CC=NC3=[N+](C)C(=O)N(C)C(=O)C23)cc1. The van der Waals surface area contributed by atoms with Gasteiger partial charge < -0.3 is 4.74 Å². The molecule has 2 heterocycles. The highest BCUT2D eigenvalue weighted by atomic mass is 32.2. The Hall–Kier alpha value is -2.74. The molecule has 0 aliphatic carbocycles. The van der Waals surface area contributed by atoms with Crippen molar-refractivity contribution in [3.8, 4) is 0 Å². The molecule has 134 valence electrons. The van der Waals surface area contributed by atoms with Crippen LogP contribution < -0.4 is 0 Å². The zero-order valence-corrected chi connectivity index (χ0v) is 15.4. The summed E-state index contributed by atoms with van der Waals surface area (Å²) in [7, 11) is 4.44. The monoisotopic (exact) mass is 372 g/mol. The minimum absolute atomic E-state index is 0.278. The second-order valence-corrected chi connectivity index (χ2v) is 6.90. The van der Waals surface area contributed by atoms with Gasteiger partial charge in [-0.2, -0.15) is 9.48 Å². The Morgan fingerprint density at radius 2 is 2.00 bits per heavy atom. The summed E-state index contributed by atoms with van der Waals surface area (Å²) in [6, 6.07) is 6.74. The van der Waals surface area contributed by atoms with Crippen molar-refractivity contribution in [1.29, 1.82) is 0 Å². The van der Waals surface area contributed by atoms with Crippen LogP contribution in [0.5, 0.6) is 0 Å². The highest BCUT2D eigenvalue weighted by molar-refractivity contribution is 8.02. The van der Waals surface area contributed by atoms with Crippen LogP contribution in [0.1, 0.15) is 15.9 Å². The number of ether oxygens (including phenoxy) is 1. The predicted octanol–water partition coefficient (Wildman–Crippen LogP) is 1.92. The van der Waals surface area contributed by atoms with Crippen molar-refractivity contribution in [2.24, 2.45) is 10.9 Å². The number of methoxy groups -OCH3 is 1. The molecule has 3 rings (SSSR count). The quantitative estimate of drug-likeness (QED) is 0.596. The molecule has 1 unspecified atom stereocenters. The highest BCUT2D eigenvalue weighted by Crippen LogP contribution is 2.33. The van der Waals surface area contributed by atoms with Gasteiger partial charge in [0.15, 0.2) is 5.92 Å². The molecule has 3 amide bonds. The van der Waals surface area contributed by atoms with E-state index in [1.165, 1.54) is 30.5 Å². The van der Waals surface area contributed by atoms with Crippen LogP contribution in [0.3, 0.4) is 0 Å². The third-order valence-corrected chi connectivity index (χ3v) is 5.45. The normalized spacial score (nSPS) is 19.4. The minimum Gasteiger partial charge on any atom is -0.465 e. The molecular weight excluding hydrogens is 354 g/mol. The van der Waals surface area contributed by atoms with Crippen LogP contribution in [-0.2, 0) is 15.3 Å². The molecular formula is C18H18N3O4S+. The minimum atomic E-state index is -0.563. The molecule has 0 saturated carbocycles. The molecule has 8 heteroatoms. The van der Waals surface area contributed by atoms with Gasteiger partial charge in [-0.05, 0) is 23.8 Å². The Morgan fingerprint density at radius 3 is 2.65 bits per heavy atom. The Kier molecular flexibility index (Phi) is 5.03. The molecule has 0 N–H and O–H groups in total. The Labute approximate surface area is 155 Å². The molecule has 0 fully saturated rings. The third-order valence-electron chi connectivity index (χ3n) is 4.26. The number of amides is 3. The number of rotatable bonds is 4. The summed E-state index contributed by atoms with van der Waals surface area (Å²) < 4.78 is 6.09. The number of fused-ring (bicyclic) bond motifs is 1. The standard InChI is InChI=1S/C18H18N3O4S/c1-20-15-14(16(22)21(2)18(20)24)13(8-9-19-15)26-10-11-4-6-12(7-5-11)17(23)25-3/h4-9,14H,10H2,1-3H3/q+1. The maximum Gasteiger partial charge on any atom is 0.445 e. The molecule has 1 aromatic carbocycles. The average molecular weight is 372 g/mol. The van der Waals surface area contributed by atoms with Gasteiger partial charge in [0.05, 0.1) is 26.8 Å². The van der Waals surface area contributed by atoms with Crippen molar-refractivity contribution in [3.63, 3.8) is 0 Å². The molecule has 0 aromatic heterocycles. The van der Waals surface area contributed by atoms with E-state index in [1.807, 2.05) is 12.1 Å². The van der Waals surface area contributed by atoms with Gasteiger partial charge >= 0.3 is 17.9 Å². The first-order valence-electron chi connectivity index (χ1n) is 7.90. The topological polar surface area (TPSA) is 79.0 Å². The number of hydrogen-bond acceptors (Lipinski definition) is 6. The van der Waals surface area contributed by atoms with Crippen molar-refractivity contribution in [1.82, 2.24) is 4.90 Å². The van der Waals surface area contributed by atoms with Gasteiger partial charge in [-0.1, -0.05) is 12.1 Å². The molecule has 2 aliphatic rings. The van der Waals surface area contributed by atoms with Crippen LogP contribution in [-0.4, -0.2) is 60.6 Å². The summed E-state index contributed by atoms with van der Waals surface area (Å²) in [5.41, 5.74) is 1.50. The molecule has 1 atom stereocenters. The summed E-state index contributed by atoms with van der Waals surface area (Å²) in [6.07, 6.45) is 3.41. The van der Waals surface area contributed by atoms with Gasteiger partial charge in [0, 0.05) is 10.7 Å². The van der Waals surface area contributed by atoms with Crippen LogP contribution in [0, 0.1) is 5.92 Å². The lowest BCUT2D eigenvalue weighted by molar-refractivity contribution is -0.407. The lowest BCUT2D eigenvalue weighted by atomic mass is 10.0. The Bertz CT molecular complexity index is 871. The lowest BCUT2D eigenvalue weighted by Crippen LogP contribution is -2.52. The van der Waals surface area contributed by atoms with E-state index in [2.05, 4.69) is 9.73 Å². The van der Waals surface area contributed by atoms with Crippen molar-refractivity contribution in [2.45, 2.75) is 5.75 Å². The number of carbonyl (C=O) groups is 3. The number of amidine groups is 1. The molecule has 0 bridgehead atoms. The maximum atomic E-state index is 12.6. The van der Waals surface area contributed by atoms with Crippen LogP contribution in [0.4, 0.5) is 4.79 Å². The van der Waals surface area contributed by atoms with Gasteiger partial charge in [-0.25, -0.2) is 9.59 Å². The van der Waals surface area contributed by atoms with E-state index >= 15 is 0 Å². The maximum absolute atomic E-state index is 12.6. The van der Waals surface area contributed by atoms with Crippen molar-refractivity contribution in [3.05, 3.63) is 46.4 Å². The van der Waals surface area contributed by atoms with E-state index in [1.54, 1.807) is 31.5 Å². The molecule has 26 heavy (non-hydrogen) atoms. The van der Waals surface area contributed by atoms with Crippen molar-refractivity contribution < 1.29 is 23.7 Å². The van der Waals surface area contributed by atoms with Crippen LogP contribution in [0.2, 0.25) is 0 Å². The molecule has 0 radical (unpaired) electrons. The van der Waals surface area contributed by atoms with E-state index in [9.17, 15) is 14.4 Å². The number of urea groups is 1. The fraction of sp³-hybridized carbons (Fsp3) is 0.278. The number of allylic oxidation sites excluding steroid dienone is 1. The average Bonchev–Trinajstić information content (AvgIpc) is 2.68. The lowest BCUT2D eigenvalue weighted by Gasteiger charge is -2.26. The molecule has 0 saturated heterocycles. The zero-order chi connectivity index (χ0) is 18.8. The second-order valence-electron chi connectivity index (χ2n) is 5.85. The Morgan fingerprint density at radius 1 is 1.31 bits per heavy atom. The van der Waals surface area contributed by atoms with Crippen molar-refractivity contribution >= 4 is 41.7 Å². The van der Waals surface area contributed by atoms with Gasteiger partial charge in [-0.3, -0.25) is 4.79 Å². The summed E-state index contributed by atoms with van der Waals surface area (Å²) in [6.45, 7) is 0.